The second kappa shape index (κ2) is 6.68. The Hall–Kier alpha value is -1.39. The second-order valence-electron chi connectivity index (χ2n) is 4.54. The van der Waals surface area contributed by atoms with Crippen LogP contribution in [-0.4, -0.2) is 14.5 Å². The number of hydrogen-bond acceptors (Lipinski definition) is 2. The minimum absolute atomic E-state index is 0.242. The van der Waals surface area contributed by atoms with Crippen molar-refractivity contribution in [1.29, 1.82) is 0 Å². The first-order chi connectivity index (χ1) is 8.90. The minimum Gasteiger partial charge on any atom is -0.207 e. The van der Waals surface area contributed by atoms with E-state index in [2.05, 4.69) is 11.3 Å². The summed E-state index contributed by atoms with van der Waals surface area (Å²) in [4.78, 5) is 0.288. The predicted molar refractivity (Wildman–Crippen MR) is 79.5 cm³/mol. The Balaban J connectivity index is 3.00. The lowest BCUT2D eigenvalue weighted by Gasteiger charge is -2.18. The van der Waals surface area contributed by atoms with Gasteiger partial charge in [-0.15, -0.1) is 6.58 Å². The molecule has 0 aliphatic carbocycles. The van der Waals surface area contributed by atoms with Gasteiger partial charge in [-0.2, -0.15) is 0 Å². The molecule has 1 rings (SSSR count). The van der Waals surface area contributed by atoms with E-state index in [0.29, 0.717) is 6.42 Å². The summed E-state index contributed by atoms with van der Waals surface area (Å²) < 4.78 is 27.3. The molecule has 1 N–H and O–H groups in total. The highest BCUT2D eigenvalue weighted by Gasteiger charge is 2.19. The quantitative estimate of drug-likeness (QED) is 0.813. The normalized spacial score (nSPS) is 14.2. The van der Waals surface area contributed by atoms with Crippen LogP contribution >= 0.6 is 0 Å². The lowest BCUT2D eigenvalue weighted by Crippen LogP contribution is -2.35. The summed E-state index contributed by atoms with van der Waals surface area (Å²) in [6.07, 6.45) is 4.20. The first kappa shape index (κ1) is 15.7. The van der Waals surface area contributed by atoms with Crippen molar-refractivity contribution in [2.45, 2.75) is 38.1 Å². The molecule has 0 radical (unpaired) electrons. The third-order valence-electron chi connectivity index (χ3n) is 3.04. The van der Waals surface area contributed by atoms with Gasteiger partial charge in [0.2, 0.25) is 10.0 Å². The van der Waals surface area contributed by atoms with Crippen LogP contribution in [0.2, 0.25) is 0 Å². The predicted octanol–water partition coefficient (Wildman–Crippen LogP) is 3.18. The average Bonchev–Trinajstić information content (AvgIpc) is 2.37. The van der Waals surface area contributed by atoms with Crippen LogP contribution < -0.4 is 4.72 Å². The van der Waals surface area contributed by atoms with Crippen molar-refractivity contribution in [3.63, 3.8) is 0 Å². The molecule has 0 aliphatic heterocycles. The number of allylic oxidation sites excluding steroid dienone is 1. The molecule has 1 aromatic carbocycles. The van der Waals surface area contributed by atoms with E-state index in [1.54, 1.807) is 30.3 Å². The number of hydrogen-bond donors (Lipinski definition) is 1. The van der Waals surface area contributed by atoms with Crippen LogP contribution in [0, 0.1) is 6.92 Å². The van der Waals surface area contributed by atoms with Gasteiger partial charge in [0.1, 0.15) is 0 Å². The smallest absolute Gasteiger partial charge is 0.207 e. The molecule has 0 heterocycles. The Morgan fingerprint density at radius 2 is 1.95 bits per heavy atom. The fraction of sp³-hybridized carbons (Fsp3) is 0.333. The fourth-order valence-corrected chi connectivity index (χ4v) is 2.95. The first-order valence-electron chi connectivity index (χ1n) is 6.23. The van der Waals surface area contributed by atoms with Crippen molar-refractivity contribution >= 4 is 10.0 Å². The van der Waals surface area contributed by atoms with Gasteiger partial charge in [0, 0.05) is 6.04 Å². The van der Waals surface area contributed by atoms with Gasteiger partial charge in [-0.05, 0) is 39.3 Å². The number of benzene rings is 1. The summed E-state index contributed by atoms with van der Waals surface area (Å²) in [5, 5.41) is 0. The van der Waals surface area contributed by atoms with Crippen LogP contribution in [0.15, 0.2) is 53.5 Å². The van der Waals surface area contributed by atoms with E-state index >= 15 is 0 Å². The van der Waals surface area contributed by atoms with Crippen LogP contribution in [0.4, 0.5) is 0 Å². The number of sulfonamides is 1. The van der Waals surface area contributed by atoms with E-state index in [1.165, 1.54) is 0 Å². The minimum atomic E-state index is -3.49. The Morgan fingerprint density at radius 1 is 1.37 bits per heavy atom. The first-order valence-corrected chi connectivity index (χ1v) is 7.71. The van der Waals surface area contributed by atoms with E-state index in [0.717, 1.165) is 11.1 Å². The molecule has 0 fully saturated rings. The van der Waals surface area contributed by atoms with Crippen molar-refractivity contribution in [1.82, 2.24) is 4.72 Å². The molecular weight excluding hydrogens is 258 g/mol. The molecule has 0 amide bonds. The summed E-state index contributed by atoms with van der Waals surface area (Å²) in [5.74, 6) is 0. The molecule has 1 atom stereocenters. The zero-order chi connectivity index (χ0) is 14.5. The van der Waals surface area contributed by atoms with E-state index in [4.69, 9.17) is 0 Å². The standard InChI is InChI=1S/C15H21NO2S/c1-5-7-15(13(4)6-2)16-19(17,18)14-10-8-12(3)9-11-14/h5-6,8-11,15-16H,1,7H2,2-4H3/b13-6+. The molecule has 1 aromatic rings. The van der Waals surface area contributed by atoms with Gasteiger partial charge in [0.15, 0.2) is 0 Å². The van der Waals surface area contributed by atoms with Crippen LogP contribution in [0.3, 0.4) is 0 Å². The molecule has 4 heteroatoms. The fourth-order valence-electron chi connectivity index (χ4n) is 1.67. The molecule has 1 unspecified atom stereocenters. The van der Waals surface area contributed by atoms with Gasteiger partial charge in [-0.3, -0.25) is 0 Å². The molecular formula is C15H21NO2S. The monoisotopic (exact) mass is 279 g/mol. The highest BCUT2D eigenvalue weighted by Crippen LogP contribution is 2.14. The maximum atomic E-state index is 12.3. The van der Waals surface area contributed by atoms with Gasteiger partial charge >= 0.3 is 0 Å². The maximum absolute atomic E-state index is 12.3. The van der Waals surface area contributed by atoms with Gasteiger partial charge < -0.3 is 0 Å². The Kier molecular flexibility index (Phi) is 5.51. The van der Waals surface area contributed by atoms with Crippen LogP contribution in [0.5, 0.6) is 0 Å². The molecule has 0 saturated heterocycles. The molecule has 104 valence electrons. The lowest BCUT2D eigenvalue weighted by atomic mass is 10.1. The van der Waals surface area contributed by atoms with Gasteiger partial charge in [-0.1, -0.05) is 35.4 Å². The Morgan fingerprint density at radius 3 is 2.42 bits per heavy atom. The molecule has 0 saturated carbocycles. The topological polar surface area (TPSA) is 46.2 Å². The number of aryl methyl sites for hydroxylation is 1. The molecule has 3 nitrogen and oxygen atoms in total. The summed E-state index contributed by atoms with van der Waals surface area (Å²) in [7, 11) is -3.49. The summed E-state index contributed by atoms with van der Waals surface area (Å²) in [5.41, 5.74) is 2.02. The third-order valence-corrected chi connectivity index (χ3v) is 4.52. The largest absolute Gasteiger partial charge is 0.241 e. The van der Waals surface area contributed by atoms with Gasteiger partial charge in [0.05, 0.1) is 4.90 Å². The van der Waals surface area contributed by atoms with E-state index in [9.17, 15) is 8.42 Å². The highest BCUT2D eigenvalue weighted by molar-refractivity contribution is 7.89. The Bertz CT molecular complexity index is 556. The molecule has 0 spiro atoms. The highest BCUT2D eigenvalue weighted by atomic mass is 32.2. The average molecular weight is 279 g/mol. The zero-order valence-electron chi connectivity index (χ0n) is 11.7. The summed E-state index contributed by atoms with van der Waals surface area (Å²) >= 11 is 0. The van der Waals surface area contributed by atoms with E-state index < -0.39 is 10.0 Å². The van der Waals surface area contributed by atoms with Crippen molar-refractivity contribution in [2.75, 3.05) is 0 Å². The van der Waals surface area contributed by atoms with Gasteiger partial charge in [0.25, 0.3) is 0 Å². The van der Waals surface area contributed by atoms with Crippen LogP contribution in [0.25, 0.3) is 0 Å². The summed E-state index contributed by atoms with van der Waals surface area (Å²) in [6.45, 7) is 9.40. The zero-order valence-corrected chi connectivity index (χ0v) is 12.5. The molecule has 19 heavy (non-hydrogen) atoms. The SMILES string of the molecule is C=CCC(NS(=O)(=O)c1ccc(C)cc1)/C(C)=C/C. The lowest BCUT2D eigenvalue weighted by molar-refractivity contribution is 0.566. The van der Waals surface area contributed by atoms with Gasteiger partial charge in [-0.25, -0.2) is 13.1 Å². The van der Waals surface area contributed by atoms with Crippen molar-refractivity contribution < 1.29 is 8.42 Å². The summed E-state index contributed by atoms with van der Waals surface area (Å²) in [6, 6.07) is 6.58. The third kappa shape index (κ3) is 4.33. The number of rotatable bonds is 6. The number of nitrogens with one attached hydrogen (secondary N) is 1. The maximum Gasteiger partial charge on any atom is 0.241 e. The second-order valence-corrected chi connectivity index (χ2v) is 6.26. The van der Waals surface area contributed by atoms with Crippen molar-refractivity contribution in [3.8, 4) is 0 Å². The van der Waals surface area contributed by atoms with Crippen LogP contribution in [0.1, 0.15) is 25.8 Å². The molecule has 0 bridgehead atoms. The van der Waals surface area contributed by atoms with E-state index in [1.807, 2.05) is 26.8 Å². The van der Waals surface area contributed by atoms with Crippen molar-refractivity contribution in [2.24, 2.45) is 0 Å². The van der Waals surface area contributed by atoms with E-state index in [-0.39, 0.29) is 10.9 Å². The molecule has 0 aliphatic rings. The Labute approximate surface area is 116 Å². The molecule has 0 aromatic heterocycles. The van der Waals surface area contributed by atoms with Crippen LogP contribution in [-0.2, 0) is 10.0 Å². The van der Waals surface area contributed by atoms with Crippen molar-refractivity contribution in [3.05, 3.63) is 54.1 Å².